The van der Waals surface area contributed by atoms with Gasteiger partial charge in [0, 0.05) is 31.5 Å². The molecule has 0 aromatic heterocycles. The first-order chi connectivity index (χ1) is 17.0. The molecule has 4 rings (SSSR count). The zero-order valence-electron chi connectivity index (χ0n) is 20.0. The summed E-state index contributed by atoms with van der Waals surface area (Å²) >= 11 is 1.63. The second-order valence-electron chi connectivity index (χ2n) is 9.43. The van der Waals surface area contributed by atoms with Gasteiger partial charge in [-0.2, -0.15) is 0 Å². The smallest absolute Gasteiger partial charge is 0.311 e. The van der Waals surface area contributed by atoms with E-state index < -0.39 is 22.6 Å². The van der Waals surface area contributed by atoms with Crippen LogP contribution in [0.5, 0.6) is 0 Å². The molecule has 3 fully saturated rings. The van der Waals surface area contributed by atoms with Crippen molar-refractivity contribution < 1.29 is 24.2 Å². The van der Waals surface area contributed by atoms with E-state index in [-0.39, 0.29) is 36.2 Å². The molecule has 3 heterocycles. The average Bonchev–Trinajstić information content (AvgIpc) is 3.50. The van der Waals surface area contributed by atoms with Crippen molar-refractivity contribution in [3.05, 3.63) is 61.2 Å². The Bertz CT molecular complexity index is 970. The van der Waals surface area contributed by atoms with E-state index in [4.69, 9.17) is 4.74 Å². The molecule has 1 aromatic carbocycles. The quantitative estimate of drug-likeness (QED) is 0.271. The van der Waals surface area contributed by atoms with Gasteiger partial charge in [-0.1, -0.05) is 49.1 Å². The number of unbranched alkanes of at least 4 members (excludes halogenated alkanes) is 1. The number of carbonyl (C=O) groups is 3. The van der Waals surface area contributed by atoms with Crippen LogP contribution in [0, 0.1) is 11.8 Å². The van der Waals surface area contributed by atoms with E-state index in [1.165, 1.54) is 6.08 Å². The first kappa shape index (κ1) is 25.5. The molecular weight excluding hydrogens is 464 g/mol. The second kappa shape index (κ2) is 11.0. The number of likely N-dealkylation sites (tertiary alicyclic amines) is 1. The predicted molar refractivity (Wildman–Crippen MR) is 135 cm³/mol. The Labute approximate surface area is 211 Å². The number of hydrogen-bond donors (Lipinski definition) is 1. The summed E-state index contributed by atoms with van der Waals surface area (Å²) in [5, 5.41) is 9.27. The second-order valence-corrected chi connectivity index (χ2v) is 11.0. The minimum atomic E-state index is -0.658. The number of aliphatic hydroxyl groups is 1. The first-order valence-electron chi connectivity index (χ1n) is 12.3. The number of fused-ring (bicyclic) bond motifs is 1. The average molecular weight is 499 g/mol. The fraction of sp³-hybridized carbons (Fsp3) is 0.519. The lowest BCUT2D eigenvalue weighted by molar-refractivity contribution is -0.153. The summed E-state index contributed by atoms with van der Waals surface area (Å²) in [5.41, 5.74) is 1.00. The van der Waals surface area contributed by atoms with Crippen LogP contribution >= 0.6 is 11.8 Å². The Hall–Kier alpha value is -2.58. The third kappa shape index (κ3) is 4.66. The number of rotatable bonds is 12. The van der Waals surface area contributed by atoms with E-state index in [1.54, 1.807) is 27.6 Å². The van der Waals surface area contributed by atoms with Crippen LogP contribution in [0.15, 0.2) is 55.6 Å². The van der Waals surface area contributed by atoms with Gasteiger partial charge in [0.2, 0.25) is 11.8 Å². The van der Waals surface area contributed by atoms with Gasteiger partial charge >= 0.3 is 5.97 Å². The van der Waals surface area contributed by atoms with Crippen LogP contribution in [0.1, 0.15) is 31.2 Å². The molecule has 0 aliphatic carbocycles. The Kier molecular flexibility index (Phi) is 8.02. The van der Waals surface area contributed by atoms with E-state index in [9.17, 15) is 19.5 Å². The van der Waals surface area contributed by atoms with Crippen LogP contribution in [0.3, 0.4) is 0 Å². The van der Waals surface area contributed by atoms with Crippen molar-refractivity contribution >= 4 is 29.5 Å². The van der Waals surface area contributed by atoms with Crippen LogP contribution in [-0.2, 0) is 25.7 Å². The molecule has 1 N–H and O–H groups in total. The maximum Gasteiger partial charge on any atom is 0.311 e. The fourth-order valence-electron chi connectivity index (χ4n) is 5.94. The Balaban J connectivity index is 1.68. The Morgan fingerprint density at radius 3 is 2.69 bits per heavy atom. The SMILES string of the molecule is C=CCOC(=O)[C@@H]1[C@@H]2CCC3(S2)C(C(=O)N(CC=C)Cc2ccccc2)N(CCCCO)C(=O)[C@H]13. The van der Waals surface area contributed by atoms with Crippen LogP contribution in [-0.4, -0.2) is 75.0 Å². The van der Waals surface area contributed by atoms with E-state index >= 15 is 0 Å². The van der Waals surface area contributed by atoms with E-state index in [0.717, 1.165) is 12.0 Å². The molecule has 8 heteroatoms. The van der Waals surface area contributed by atoms with Crippen molar-refractivity contribution in [1.29, 1.82) is 0 Å². The van der Waals surface area contributed by atoms with Gasteiger partial charge in [0.15, 0.2) is 0 Å². The van der Waals surface area contributed by atoms with Crippen molar-refractivity contribution in [2.75, 3.05) is 26.3 Å². The number of nitrogens with zero attached hydrogens (tertiary/aromatic N) is 2. The molecule has 5 atom stereocenters. The van der Waals surface area contributed by atoms with Crippen molar-refractivity contribution in [3.63, 3.8) is 0 Å². The highest BCUT2D eigenvalue weighted by molar-refractivity contribution is 8.02. The highest BCUT2D eigenvalue weighted by atomic mass is 32.2. The third-order valence-corrected chi connectivity index (χ3v) is 9.29. The lowest BCUT2D eigenvalue weighted by Crippen LogP contribution is -2.54. The molecule has 2 bridgehead atoms. The van der Waals surface area contributed by atoms with Crippen molar-refractivity contribution in [2.24, 2.45) is 11.8 Å². The summed E-state index contributed by atoms with van der Waals surface area (Å²) < 4.78 is 4.75. The number of aliphatic hydroxyl groups excluding tert-OH is 1. The number of thioether (sulfide) groups is 1. The van der Waals surface area contributed by atoms with E-state index in [1.807, 2.05) is 30.3 Å². The minimum Gasteiger partial charge on any atom is -0.461 e. The number of hydrogen-bond acceptors (Lipinski definition) is 6. The van der Waals surface area contributed by atoms with Gasteiger partial charge in [-0.05, 0) is 31.2 Å². The minimum absolute atomic E-state index is 0.0269. The molecule has 3 aliphatic rings. The fourth-order valence-corrected chi connectivity index (χ4v) is 8.14. The van der Waals surface area contributed by atoms with Crippen LogP contribution < -0.4 is 0 Å². The van der Waals surface area contributed by atoms with Gasteiger partial charge in [0.1, 0.15) is 12.6 Å². The molecule has 1 spiro atoms. The van der Waals surface area contributed by atoms with E-state index in [0.29, 0.717) is 38.9 Å². The summed E-state index contributed by atoms with van der Waals surface area (Å²) in [6.07, 6.45) is 5.85. The van der Waals surface area contributed by atoms with Gasteiger partial charge in [0.25, 0.3) is 0 Å². The maximum atomic E-state index is 14.2. The van der Waals surface area contributed by atoms with Crippen molar-refractivity contribution in [1.82, 2.24) is 9.80 Å². The van der Waals surface area contributed by atoms with E-state index in [2.05, 4.69) is 13.2 Å². The third-order valence-electron chi connectivity index (χ3n) is 7.33. The molecule has 0 saturated carbocycles. The molecule has 1 aromatic rings. The summed E-state index contributed by atoms with van der Waals surface area (Å²) in [4.78, 5) is 44.5. The number of ether oxygens (including phenoxy) is 1. The van der Waals surface area contributed by atoms with Gasteiger partial charge < -0.3 is 19.6 Å². The van der Waals surface area contributed by atoms with Crippen LogP contribution in [0.2, 0.25) is 0 Å². The summed E-state index contributed by atoms with van der Waals surface area (Å²) in [6.45, 7) is 8.74. The highest BCUT2D eigenvalue weighted by Gasteiger charge is 2.74. The summed E-state index contributed by atoms with van der Waals surface area (Å²) in [6, 6.07) is 9.11. The molecule has 3 aliphatic heterocycles. The zero-order valence-corrected chi connectivity index (χ0v) is 20.8. The van der Waals surface area contributed by atoms with Crippen LogP contribution in [0.4, 0.5) is 0 Å². The zero-order chi connectivity index (χ0) is 25.0. The summed E-state index contributed by atoms with van der Waals surface area (Å²) in [5.74, 6) is -1.76. The monoisotopic (exact) mass is 498 g/mol. The largest absolute Gasteiger partial charge is 0.461 e. The summed E-state index contributed by atoms with van der Waals surface area (Å²) in [7, 11) is 0. The Morgan fingerprint density at radius 1 is 1.23 bits per heavy atom. The molecule has 2 amide bonds. The molecule has 3 saturated heterocycles. The lowest BCUT2D eigenvalue weighted by Gasteiger charge is -2.37. The van der Waals surface area contributed by atoms with Crippen molar-refractivity contribution in [3.8, 4) is 0 Å². The van der Waals surface area contributed by atoms with Gasteiger partial charge in [-0.15, -0.1) is 18.3 Å². The van der Waals surface area contributed by atoms with Crippen molar-refractivity contribution in [2.45, 2.75) is 48.3 Å². The van der Waals surface area contributed by atoms with Gasteiger partial charge in [-0.25, -0.2) is 0 Å². The molecule has 2 unspecified atom stereocenters. The molecule has 7 nitrogen and oxygen atoms in total. The number of benzene rings is 1. The van der Waals surface area contributed by atoms with Crippen LogP contribution in [0.25, 0.3) is 0 Å². The van der Waals surface area contributed by atoms with Gasteiger partial charge in [-0.3, -0.25) is 14.4 Å². The molecular formula is C27H34N2O5S. The lowest BCUT2D eigenvalue weighted by atomic mass is 9.71. The maximum absolute atomic E-state index is 14.2. The first-order valence-corrected chi connectivity index (χ1v) is 13.2. The Morgan fingerprint density at radius 2 is 2.00 bits per heavy atom. The number of amides is 2. The molecule has 35 heavy (non-hydrogen) atoms. The number of esters is 1. The standard InChI is InChI=1S/C27H34N2O5S/c1-3-14-28(18-19-10-6-5-7-11-19)25(32)23-27-13-12-20(35-27)21(26(33)34-17-4-2)22(27)24(31)29(23)15-8-9-16-30/h3-7,10-11,20-23,30H,1-2,8-9,12-18H2/t20-,21+,22-,23?,27?/m0/s1. The topological polar surface area (TPSA) is 87.2 Å². The van der Waals surface area contributed by atoms with Gasteiger partial charge in [0.05, 0.1) is 16.6 Å². The molecule has 188 valence electrons. The predicted octanol–water partition coefficient (Wildman–Crippen LogP) is 2.79. The molecule has 0 radical (unpaired) electrons. The highest BCUT2D eigenvalue weighted by Crippen LogP contribution is 2.66. The normalized spacial score (nSPS) is 28.6. The number of carbonyl (C=O) groups excluding carboxylic acids is 3.